The third-order valence-corrected chi connectivity index (χ3v) is 7.35. The summed E-state index contributed by atoms with van der Waals surface area (Å²) in [5, 5.41) is 0.462. The van der Waals surface area contributed by atoms with Crippen LogP contribution in [0.3, 0.4) is 0 Å². The molecule has 1 aliphatic carbocycles. The molecule has 0 fully saturated rings. The highest BCUT2D eigenvalue weighted by molar-refractivity contribution is 7.92. The fraction of sp³-hybridized carbons (Fsp3) is 0.160. The summed E-state index contributed by atoms with van der Waals surface area (Å²) in [6, 6.07) is 17.5. The molecule has 0 aliphatic heterocycles. The number of allylic oxidation sites excluding steroid dienone is 2. The second-order valence-electron chi connectivity index (χ2n) is 7.96. The maximum Gasteiger partial charge on any atom is 0.372 e. The Kier molecular flexibility index (Phi) is 5.83. The van der Waals surface area contributed by atoms with Crippen molar-refractivity contribution < 1.29 is 13.0 Å². The maximum absolute atomic E-state index is 13.1. The highest BCUT2D eigenvalue weighted by atomic mass is 35.5. The van der Waals surface area contributed by atoms with Crippen molar-refractivity contribution in [1.29, 1.82) is 0 Å². The molecule has 166 valence electrons. The molecule has 1 N–H and O–H groups in total. The number of para-hydroxylation sites is 2. The van der Waals surface area contributed by atoms with Gasteiger partial charge in [-0.05, 0) is 84.3 Å². The van der Waals surface area contributed by atoms with Crippen LogP contribution in [-0.4, -0.2) is 18.4 Å². The van der Waals surface area contributed by atoms with Crippen molar-refractivity contribution in [2.45, 2.75) is 30.1 Å². The van der Waals surface area contributed by atoms with Gasteiger partial charge in [0.05, 0.1) is 17.3 Å². The number of benzene rings is 2. The van der Waals surface area contributed by atoms with Crippen LogP contribution >= 0.6 is 11.6 Å². The molecule has 4 aromatic rings. The third kappa shape index (κ3) is 4.60. The lowest BCUT2D eigenvalue weighted by atomic mass is 9.88. The van der Waals surface area contributed by atoms with E-state index in [1.54, 1.807) is 10.6 Å². The van der Waals surface area contributed by atoms with E-state index in [2.05, 4.69) is 34.0 Å². The van der Waals surface area contributed by atoms with Crippen LogP contribution in [0.4, 0.5) is 5.82 Å². The van der Waals surface area contributed by atoms with Crippen LogP contribution in [0.15, 0.2) is 90.1 Å². The Morgan fingerprint density at radius 1 is 0.909 bits per heavy atom. The van der Waals surface area contributed by atoms with Gasteiger partial charge in [-0.2, -0.15) is 0 Å². The van der Waals surface area contributed by atoms with Crippen molar-refractivity contribution in [3.63, 3.8) is 0 Å². The summed E-state index contributed by atoms with van der Waals surface area (Å²) in [5.74, 6) is 1.05. The molecular weight excluding hydrogens is 456 g/mol. The van der Waals surface area contributed by atoms with Gasteiger partial charge < -0.3 is 0 Å². The minimum absolute atomic E-state index is 0.0958. The molecule has 0 unspecified atom stereocenters. The highest BCUT2D eigenvalue weighted by Crippen LogP contribution is 2.28. The second-order valence-corrected chi connectivity index (χ2v) is 10.1. The largest absolute Gasteiger partial charge is 0.372 e. The average molecular weight is 478 g/mol. The summed E-state index contributed by atoms with van der Waals surface area (Å²) in [5.41, 5.74) is 2.53. The van der Waals surface area contributed by atoms with Gasteiger partial charge in [-0.15, -0.1) is 0 Å². The molecule has 8 heteroatoms. The van der Waals surface area contributed by atoms with Gasteiger partial charge in [0.2, 0.25) is 11.3 Å². The summed E-state index contributed by atoms with van der Waals surface area (Å²) >= 11 is 5.92. The van der Waals surface area contributed by atoms with E-state index in [4.69, 9.17) is 16.6 Å². The number of fused-ring (bicyclic) bond motifs is 1. The number of sulfonamides is 1. The first-order chi connectivity index (χ1) is 16.0. The molecule has 33 heavy (non-hydrogen) atoms. The van der Waals surface area contributed by atoms with Crippen LogP contribution in [0.25, 0.3) is 16.9 Å². The van der Waals surface area contributed by atoms with Crippen LogP contribution in [0.1, 0.15) is 30.7 Å². The van der Waals surface area contributed by atoms with Gasteiger partial charge in [0.1, 0.15) is 5.52 Å². The van der Waals surface area contributed by atoms with Crippen LogP contribution in [0, 0.1) is 0 Å². The third-order valence-electron chi connectivity index (χ3n) is 5.75. The monoisotopic (exact) mass is 477 g/mol. The molecule has 1 aliphatic rings. The number of rotatable bonds is 5. The van der Waals surface area contributed by atoms with Crippen molar-refractivity contribution in [3.8, 4) is 5.82 Å². The van der Waals surface area contributed by atoms with Crippen molar-refractivity contribution >= 4 is 38.5 Å². The zero-order valence-electron chi connectivity index (χ0n) is 17.7. The van der Waals surface area contributed by atoms with Crippen molar-refractivity contribution in [3.05, 3.63) is 95.8 Å². The molecule has 0 saturated heterocycles. The molecule has 0 bridgehead atoms. The summed E-state index contributed by atoms with van der Waals surface area (Å²) in [4.78, 5) is 9.40. The molecule has 6 nitrogen and oxygen atoms in total. The average Bonchev–Trinajstić information content (AvgIpc) is 2.84. The number of pyridine rings is 1. The van der Waals surface area contributed by atoms with Gasteiger partial charge in [-0.1, -0.05) is 35.9 Å². The molecule has 0 amide bonds. The zero-order chi connectivity index (χ0) is 22.8. The van der Waals surface area contributed by atoms with Gasteiger partial charge in [-0.3, -0.25) is 4.72 Å². The van der Waals surface area contributed by atoms with Crippen molar-refractivity contribution in [2.75, 3.05) is 4.72 Å². The number of hydrogen-bond donors (Lipinski definition) is 1. The Morgan fingerprint density at radius 3 is 2.27 bits per heavy atom. The van der Waals surface area contributed by atoms with Gasteiger partial charge in [0.15, 0.2) is 0 Å². The SMILES string of the molecule is O=S(=O)(Nc1nc2ccccc2nc1-[n+]1ccc([C@@H]2CC=CCC2)cc1)c1ccc(Cl)cc1. The minimum atomic E-state index is -3.89. The topological polar surface area (TPSA) is 75.8 Å². The quantitative estimate of drug-likeness (QED) is 0.317. The molecule has 5 rings (SSSR count). The van der Waals surface area contributed by atoms with E-state index in [1.165, 1.54) is 29.8 Å². The molecule has 2 aromatic carbocycles. The number of halogens is 1. The second kappa shape index (κ2) is 8.92. The van der Waals surface area contributed by atoms with Gasteiger partial charge in [0, 0.05) is 5.02 Å². The highest BCUT2D eigenvalue weighted by Gasteiger charge is 2.25. The lowest BCUT2D eigenvalue weighted by Gasteiger charge is -2.17. The zero-order valence-corrected chi connectivity index (χ0v) is 19.3. The fourth-order valence-electron chi connectivity index (χ4n) is 3.99. The van der Waals surface area contributed by atoms with Crippen LogP contribution in [0.2, 0.25) is 5.02 Å². The van der Waals surface area contributed by atoms with E-state index in [0.717, 1.165) is 19.3 Å². The number of anilines is 1. The summed E-state index contributed by atoms with van der Waals surface area (Å²) in [7, 11) is -3.89. The number of aromatic nitrogens is 3. The molecule has 2 aromatic heterocycles. The van der Waals surface area contributed by atoms with E-state index in [0.29, 0.717) is 27.8 Å². The van der Waals surface area contributed by atoms with E-state index in [-0.39, 0.29) is 10.7 Å². The van der Waals surface area contributed by atoms with E-state index in [9.17, 15) is 8.42 Å². The number of hydrogen-bond acceptors (Lipinski definition) is 4. The van der Waals surface area contributed by atoms with Crippen molar-refractivity contribution in [2.24, 2.45) is 0 Å². The Morgan fingerprint density at radius 2 is 1.61 bits per heavy atom. The van der Waals surface area contributed by atoms with E-state index >= 15 is 0 Å². The Balaban J connectivity index is 1.56. The molecule has 2 heterocycles. The first kappa shape index (κ1) is 21.6. The first-order valence-corrected chi connectivity index (χ1v) is 12.6. The van der Waals surface area contributed by atoms with Gasteiger partial charge in [-0.25, -0.2) is 18.0 Å². The number of nitrogens with one attached hydrogen (secondary N) is 1. The van der Waals surface area contributed by atoms with Crippen molar-refractivity contribution in [1.82, 2.24) is 9.97 Å². The summed E-state index contributed by atoms with van der Waals surface area (Å²) in [6.07, 6.45) is 11.5. The molecule has 0 radical (unpaired) electrons. The normalized spacial score (nSPS) is 16.1. The van der Waals surface area contributed by atoms with Crippen LogP contribution in [0.5, 0.6) is 0 Å². The lowest BCUT2D eigenvalue weighted by molar-refractivity contribution is -0.598. The van der Waals surface area contributed by atoms with E-state index in [1.807, 2.05) is 30.6 Å². The standard InChI is InChI=1S/C25H22ClN4O2S/c26-20-10-12-21(13-11-20)33(31,32)29-24-25(28-23-9-5-4-8-22(23)27-24)30-16-14-19(15-17-30)18-6-2-1-3-7-18/h1-2,4-5,8-18H,3,6-7H2,(H,27,29)/q+1/t18-/m1/s1. The first-order valence-electron chi connectivity index (χ1n) is 10.7. The van der Waals surface area contributed by atoms with Gasteiger partial charge in [0.25, 0.3) is 10.0 Å². The van der Waals surface area contributed by atoms with Crippen LogP contribution in [-0.2, 0) is 10.0 Å². The maximum atomic E-state index is 13.1. The Bertz CT molecular complexity index is 1440. The summed E-state index contributed by atoms with van der Waals surface area (Å²) < 4.78 is 30.5. The number of nitrogens with zero attached hydrogens (tertiary/aromatic N) is 3. The minimum Gasteiger partial charge on any atom is -0.256 e. The lowest BCUT2D eigenvalue weighted by Crippen LogP contribution is -2.33. The predicted molar refractivity (Wildman–Crippen MR) is 129 cm³/mol. The molecule has 1 atom stereocenters. The molecule has 0 spiro atoms. The predicted octanol–water partition coefficient (Wildman–Crippen LogP) is 5.18. The fourth-order valence-corrected chi connectivity index (χ4v) is 5.12. The smallest absolute Gasteiger partial charge is 0.256 e. The Labute approximate surface area is 197 Å². The molecule has 0 saturated carbocycles. The van der Waals surface area contributed by atoms with E-state index < -0.39 is 10.0 Å². The molecular formula is C25H22ClN4O2S+. The van der Waals surface area contributed by atoms with Gasteiger partial charge >= 0.3 is 5.82 Å². The Hall–Kier alpha value is -3.29. The summed E-state index contributed by atoms with van der Waals surface area (Å²) in [6.45, 7) is 0. The van der Waals surface area contributed by atoms with Crippen LogP contribution < -0.4 is 9.29 Å².